The number of non-ortho nitro benzene ring substituents is 1. The van der Waals surface area contributed by atoms with Gasteiger partial charge in [-0.1, -0.05) is 23.9 Å². The highest BCUT2D eigenvalue weighted by molar-refractivity contribution is 7.98. The zero-order chi connectivity index (χ0) is 13.0. The van der Waals surface area contributed by atoms with E-state index in [0.717, 1.165) is 16.3 Å². The zero-order valence-corrected chi connectivity index (χ0v) is 12.7. The molecule has 6 heteroatoms. The lowest BCUT2D eigenvalue weighted by Crippen LogP contribution is -3.00. The summed E-state index contributed by atoms with van der Waals surface area (Å²) in [6.45, 7) is 0. The zero-order valence-electron chi connectivity index (χ0n) is 10.3. The van der Waals surface area contributed by atoms with Gasteiger partial charge in [-0.15, -0.1) is 0 Å². The lowest BCUT2D eigenvalue weighted by atomic mass is 10.2. The van der Waals surface area contributed by atoms with E-state index in [-0.39, 0.29) is 27.6 Å². The smallest absolute Gasteiger partial charge is 0.269 e. The molecule has 1 aromatic carbocycles. The van der Waals surface area contributed by atoms with Crippen LogP contribution in [0.1, 0.15) is 5.56 Å². The van der Waals surface area contributed by atoms with Gasteiger partial charge in [0.15, 0.2) is 6.20 Å². The Balaban J connectivity index is 0.00000180. The predicted molar refractivity (Wildman–Crippen MR) is 70.3 cm³/mol. The van der Waals surface area contributed by atoms with Crippen molar-refractivity contribution in [3.8, 4) is 0 Å². The fraction of sp³-hybridized carbons (Fsp3) is 0.154. The standard InChI is InChI=1S/C13H13N2O2S.BrH/c1-14-9-3-2-4-13(14)18-10-11-5-7-12(8-6-11)15(16)17;/h2-9H,10H2,1H3;1H/q+1;/p-1. The number of rotatable bonds is 4. The number of aryl methyl sites for hydroxylation is 1. The second-order valence-electron chi connectivity index (χ2n) is 3.86. The van der Waals surface area contributed by atoms with Crippen LogP contribution in [0.3, 0.4) is 0 Å². The molecule has 0 fully saturated rings. The molecule has 0 N–H and O–H groups in total. The normalized spacial score (nSPS) is 9.74. The van der Waals surface area contributed by atoms with Crippen molar-refractivity contribution >= 4 is 17.4 Å². The first-order valence-corrected chi connectivity index (χ1v) is 6.46. The fourth-order valence-electron chi connectivity index (χ4n) is 1.53. The van der Waals surface area contributed by atoms with E-state index >= 15 is 0 Å². The molecule has 1 aromatic heterocycles. The van der Waals surface area contributed by atoms with Crippen LogP contribution < -0.4 is 21.5 Å². The van der Waals surface area contributed by atoms with Crippen molar-refractivity contribution in [3.05, 3.63) is 64.3 Å². The fourth-order valence-corrected chi connectivity index (χ4v) is 2.48. The van der Waals surface area contributed by atoms with Crippen molar-refractivity contribution in [2.75, 3.05) is 0 Å². The molecular weight excluding hydrogens is 328 g/mol. The summed E-state index contributed by atoms with van der Waals surface area (Å²) in [7, 11) is 2.00. The molecule has 0 saturated carbocycles. The van der Waals surface area contributed by atoms with Gasteiger partial charge in [-0.3, -0.25) is 10.1 Å². The molecule has 1 heterocycles. The topological polar surface area (TPSA) is 47.0 Å². The van der Waals surface area contributed by atoms with Crippen LogP contribution >= 0.6 is 11.8 Å². The van der Waals surface area contributed by atoms with E-state index in [1.54, 1.807) is 36.0 Å². The Morgan fingerprint density at radius 3 is 2.47 bits per heavy atom. The third-order valence-electron chi connectivity index (χ3n) is 2.54. The molecule has 0 amide bonds. The summed E-state index contributed by atoms with van der Waals surface area (Å²) >= 11 is 1.71. The van der Waals surface area contributed by atoms with E-state index in [4.69, 9.17) is 0 Å². The van der Waals surface area contributed by atoms with Crippen LogP contribution in [0.4, 0.5) is 5.69 Å². The number of thioether (sulfide) groups is 1. The second kappa shape index (κ2) is 7.25. The molecule has 2 rings (SSSR count). The van der Waals surface area contributed by atoms with Crippen LogP contribution in [0.25, 0.3) is 0 Å². The number of pyridine rings is 1. The number of benzene rings is 1. The van der Waals surface area contributed by atoms with Crippen LogP contribution in [-0.2, 0) is 12.8 Å². The van der Waals surface area contributed by atoms with Gasteiger partial charge in [0, 0.05) is 30.0 Å². The first-order valence-electron chi connectivity index (χ1n) is 5.47. The molecule has 0 saturated heterocycles. The van der Waals surface area contributed by atoms with Gasteiger partial charge in [-0.05, 0) is 11.6 Å². The molecule has 0 aliphatic heterocycles. The van der Waals surface area contributed by atoms with Gasteiger partial charge in [-0.2, -0.15) is 4.57 Å². The monoisotopic (exact) mass is 340 g/mol. The van der Waals surface area contributed by atoms with E-state index in [2.05, 4.69) is 10.6 Å². The number of nitro groups is 1. The summed E-state index contributed by atoms with van der Waals surface area (Å²) in [6, 6.07) is 12.7. The first-order chi connectivity index (χ1) is 8.66. The second-order valence-corrected chi connectivity index (χ2v) is 4.86. The molecule has 0 atom stereocenters. The highest BCUT2D eigenvalue weighted by atomic mass is 79.9. The third kappa shape index (κ3) is 4.33. The molecular formula is C13H13BrN2O2S. The number of nitro benzene ring substituents is 1. The van der Waals surface area contributed by atoms with E-state index in [1.807, 2.05) is 25.4 Å². The Bertz CT molecular complexity index is 561. The largest absolute Gasteiger partial charge is 1.00 e. The molecule has 0 aliphatic carbocycles. The van der Waals surface area contributed by atoms with Gasteiger partial charge < -0.3 is 17.0 Å². The maximum absolute atomic E-state index is 10.5. The van der Waals surface area contributed by atoms with Gasteiger partial charge >= 0.3 is 0 Å². The van der Waals surface area contributed by atoms with Gasteiger partial charge in [0.2, 0.25) is 5.03 Å². The summed E-state index contributed by atoms with van der Waals surface area (Å²) in [4.78, 5) is 10.2. The Labute approximate surface area is 126 Å². The molecule has 0 spiro atoms. The minimum atomic E-state index is -0.381. The molecule has 0 aliphatic rings. The molecule has 19 heavy (non-hydrogen) atoms. The number of halogens is 1. The molecule has 100 valence electrons. The van der Waals surface area contributed by atoms with Crippen LogP contribution in [0.2, 0.25) is 0 Å². The summed E-state index contributed by atoms with van der Waals surface area (Å²) < 4.78 is 2.05. The predicted octanol–water partition coefficient (Wildman–Crippen LogP) is -0.284. The van der Waals surface area contributed by atoms with Gasteiger partial charge in [0.1, 0.15) is 7.05 Å². The molecule has 4 nitrogen and oxygen atoms in total. The summed E-state index contributed by atoms with van der Waals surface area (Å²) in [5.74, 6) is 0.801. The Morgan fingerprint density at radius 2 is 1.89 bits per heavy atom. The number of hydrogen-bond donors (Lipinski definition) is 0. The van der Waals surface area contributed by atoms with Crippen LogP contribution in [0.15, 0.2) is 53.7 Å². The van der Waals surface area contributed by atoms with E-state index < -0.39 is 0 Å². The van der Waals surface area contributed by atoms with Crippen molar-refractivity contribution < 1.29 is 26.5 Å². The molecule has 2 aromatic rings. The van der Waals surface area contributed by atoms with Gasteiger partial charge in [0.05, 0.1) is 4.92 Å². The average Bonchev–Trinajstić information content (AvgIpc) is 2.38. The lowest BCUT2D eigenvalue weighted by Gasteiger charge is -2.00. The highest BCUT2D eigenvalue weighted by Crippen LogP contribution is 2.20. The average molecular weight is 341 g/mol. The maximum Gasteiger partial charge on any atom is 0.269 e. The van der Waals surface area contributed by atoms with Gasteiger partial charge in [-0.25, -0.2) is 0 Å². The SMILES string of the molecule is C[n+]1ccccc1SCc1ccc([N+](=O)[O-])cc1.[Br-]. The molecule has 0 bridgehead atoms. The number of hydrogen-bond acceptors (Lipinski definition) is 3. The minimum absolute atomic E-state index is 0. The Kier molecular flexibility index (Phi) is 5.98. The summed E-state index contributed by atoms with van der Waals surface area (Å²) in [5.41, 5.74) is 1.21. The Hall–Kier alpha value is -1.40. The van der Waals surface area contributed by atoms with E-state index in [0.29, 0.717) is 0 Å². The van der Waals surface area contributed by atoms with Crippen molar-refractivity contribution in [1.82, 2.24) is 0 Å². The summed E-state index contributed by atoms with van der Waals surface area (Å²) in [6.07, 6.45) is 2.00. The quantitative estimate of drug-likeness (QED) is 0.333. The number of aromatic nitrogens is 1. The van der Waals surface area contributed by atoms with Crippen molar-refractivity contribution in [2.45, 2.75) is 10.8 Å². The Morgan fingerprint density at radius 1 is 1.21 bits per heavy atom. The minimum Gasteiger partial charge on any atom is -1.00 e. The van der Waals surface area contributed by atoms with E-state index in [9.17, 15) is 10.1 Å². The van der Waals surface area contributed by atoms with Crippen molar-refractivity contribution in [1.29, 1.82) is 0 Å². The van der Waals surface area contributed by atoms with Gasteiger partial charge in [0.25, 0.3) is 5.69 Å². The number of nitrogens with zero attached hydrogens (tertiary/aromatic N) is 2. The maximum atomic E-state index is 10.5. The van der Waals surface area contributed by atoms with Crippen LogP contribution in [0, 0.1) is 10.1 Å². The highest BCUT2D eigenvalue weighted by Gasteiger charge is 2.07. The molecule has 0 unspecified atom stereocenters. The lowest BCUT2D eigenvalue weighted by molar-refractivity contribution is -0.708. The van der Waals surface area contributed by atoms with Crippen molar-refractivity contribution in [3.63, 3.8) is 0 Å². The summed E-state index contributed by atoms with van der Waals surface area (Å²) in [5, 5.41) is 11.7. The van der Waals surface area contributed by atoms with E-state index in [1.165, 1.54) is 0 Å². The first kappa shape index (κ1) is 15.7. The van der Waals surface area contributed by atoms with Crippen molar-refractivity contribution in [2.24, 2.45) is 7.05 Å². The molecule has 0 radical (unpaired) electrons. The third-order valence-corrected chi connectivity index (χ3v) is 3.74. The van der Waals surface area contributed by atoms with Crippen LogP contribution in [-0.4, -0.2) is 4.92 Å². The van der Waals surface area contributed by atoms with Crippen LogP contribution in [0.5, 0.6) is 0 Å².